The van der Waals surface area contributed by atoms with Crippen LogP contribution in [0.25, 0.3) is 0 Å². The molecule has 1 aromatic heterocycles. The lowest BCUT2D eigenvalue weighted by atomic mass is 10.2. The Hall–Kier alpha value is -1.08. The van der Waals surface area contributed by atoms with E-state index >= 15 is 0 Å². The van der Waals surface area contributed by atoms with E-state index in [2.05, 4.69) is 5.10 Å². The Morgan fingerprint density at radius 2 is 1.84 bits per heavy atom. The van der Waals surface area contributed by atoms with Gasteiger partial charge >= 0.3 is 0 Å². The van der Waals surface area contributed by atoms with Gasteiger partial charge in [-0.15, -0.1) is 0 Å². The lowest BCUT2D eigenvalue weighted by Crippen LogP contribution is -2.39. The highest BCUT2D eigenvalue weighted by Crippen LogP contribution is 2.27. The summed E-state index contributed by atoms with van der Waals surface area (Å²) in [7, 11) is -1.92. The van der Waals surface area contributed by atoms with Crippen LogP contribution < -0.4 is 5.73 Å². The molecule has 0 saturated heterocycles. The molecule has 0 aliphatic heterocycles. The van der Waals surface area contributed by atoms with Gasteiger partial charge in [0.1, 0.15) is 4.90 Å². The number of nitrogen functional groups attached to an aromatic ring is 1. The molecule has 0 unspecified atom stereocenters. The standard InChI is InChI=1S/C12H24N4O2S/c1-8(2)7-16(9(3)4)19(17,18)11-10(5)15(6)14-12(11)13/h8-9H,7H2,1-6H3,(H2,13,14). The first-order valence-electron chi connectivity index (χ1n) is 6.40. The average molecular weight is 288 g/mol. The molecule has 1 heterocycles. The normalized spacial score (nSPS) is 12.9. The Labute approximate surface area is 115 Å². The van der Waals surface area contributed by atoms with Gasteiger partial charge in [-0.25, -0.2) is 8.42 Å². The molecular weight excluding hydrogens is 264 g/mol. The van der Waals surface area contributed by atoms with Gasteiger partial charge in [0, 0.05) is 19.6 Å². The fraction of sp³-hybridized carbons (Fsp3) is 0.750. The summed E-state index contributed by atoms with van der Waals surface area (Å²) < 4.78 is 28.5. The number of aryl methyl sites for hydroxylation is 1. The molecule has 7 heteroatoms. The summed E-state index contributed by atoms with van der Waals surface area (Å²) in [6.07, 6.45) is 0. The van der Waals surface area contributed by atoms with Gasteiger partial charge in [0.15, 0.2) is 5.82 Å². The van der Waals surface area contributed by atoms with Crippen LogP contribution in [0.4, 0.5) is 5.82 Å². The van der Waals surface area contributed by atoms with Crippen molar-refractivity contribution >= 4 is 15.8 Å². The minimum absolute atomic E-state index is 0.0643. The van der Waals surface area contributed by atoms with Gasteiger partial charge in [-0.3, -0.25) is 4.68 Å². The van der Waals surface area contributed by atoms with E-state index in [1.807, 2.05) is 27.7 Å². The van der Waals surface area contributed by atoms with Gasteiger partial charge in [-0.05, 0) is 26.7 Å². The topological polar surface area (TPSA) is 81.2 Å². The van der Waals surface area contributed by atoms with Crippen LogP contribution in [0.2, 0.25) is 0 Å². The summed E-state index contributed by atoms with van der Waals surface area (Å²) in [4.78, 5) is 0.129. The Morgan fingerprint density at radius 3 is 2.16 bits per heavy atom. The van der Waals surface area contributed by atoms with Crippen LogP contribution in [0.5, 0.6) is 0 Å². The molecule has 110 valence electrons. The molecule has 2 N–H and O–H groups in total. The quantitative estimate of drug-likeness (QED) is 0.887. The molecule has 0 saturated carbocycles. The number of nitrogens with two attached hydrogens (primary N) is 1. The predicted molar refractivity (Wildman–Crippen MR) is 76.2 cm³/mol. The molecule has 0 spiro atoms. The molecule has 1 aromatic rings. The number of anilines is 1. The highest BCUT2D eigenvalue weighted by Gasteiger charge is 2.33. The fourth-order valence-electron chi connectivity index (χ4n) is 2.00. The molecule has 19 heavy (non-hydrogen) atoms. The summed E-state index contributed by atoms with van der Waals surface area (Å²) in [6.45, 7) is 9.89. The Kier molecular flexibility index (Phi) is 4.63. The molecule has 0 aromatic carbocycles. The highest BCUT2D eigenvalue weighted by atomic mass is 32.2. The van der Waals surface area contributed by atoms with Crippen molar-refractivity contribution in [2.45, 2.75) is 45.6 Å². The van der Waals surface area contributed by atoms with Crippen molar-refractivity contribution in [1.29, 1.82) is 0 Å². The first kappa shape index (κ1) is 16.0. The van der Waals surface area contributed by atoms with E-state index < -0.39 is 10.0 Å². The van der Waals surface area contributed by atoms with Gasteiger partial charge in [0.2, 0.25) is 10.0 Å². The molecule has 0 fully saturated rings. The van der Waals surface area contributed by atoms with Crippen LogP contribution in [0.15, 0.2) is 4.90 Å². The zero-order valence-electron chi connectivity index (χ0n) is 12.5. The second kappa shape index (κ2) is 5.50. The summed E-state index contributed by atoms with van der Waals surface area (Å²) in [5.74, 6) is 0.310. The summed E-state index contributed by atoms with van der Waals surface area (Å²) in [5.41, 5.74) is 6.32. The van der Waals surface area contributed by atoms with Gasteiger partial charge in [0.25, 0.3) is 0 Å². The fourth-order valence-corrected chi connectivity index (χ4v) is 4.09. The van der Waals surface area contributed by atoms with Crippen molar-refractivity contribution in [2.24, 2.45) is 13.0 Å². The zero-order chi connectivity index (χ0) is 15.0. The van der Waals surface area contributed by atoms with Gasteiger partial charge < -0.3 is 5.73 Å². The maximum Gasteiger partial charge on any atom is 0.248 e. The SMILES string of the molecule is Cc1c(S(=O)(=O)N(CC(C)C)C(C)C)c(N)nn1C. The molecule has 0 bridgehead atoms. The maximum absolute atomic E-state index is 12.8. The van der Waals surface area contributed by atoms with E-state index in [0.717, 1.165) is 0 Å². The summed E-state index contributed by atoms with van der Waals surface area (Å²) in [5, 5.41) is 3.99. The minimum Gasteiger partial charge on any atom is -0.381 e. The van der Waals surface area contributed by atoms with Crippen LogP contribution in [-0.4, -0.2) is 35.1 Å². The van der Waals surface area contributed by atoms with Crippen molar-refractivity contribution in [3.05, 3.63) is 5.69 Å². The van der Waals surface area contributed by atoms with Gasteiger partial charge in [-0.1, -0.05) is 13.8 Å². The van der Waals surface area contributed by atoms with Crippen molar-refractivity contribution in [3.8, 4) is 0 Å². The van der Waals surface area contributed by atoms with Gasteiger partial charge in [-0.2, -0.15) is 9.40 Å². The van der Waals surface area contributed by atoms with Crippen molar-refractivity contribution in [2.75, 3.05) is 12.3 Å². The maximum atomic E-state index is 12.8. The third kappa shape index (κ3) is 3.09. The Morgan fingerprint density at radius 1 is 1.32 bits per heavy atom. The number of sulfonamides is 1. The molecule has 0 radical (unpaired) electrons. The van der Waals surface area contributed by atoms with E-state index in [4.69, 9.17) is 5.73 Å². The van der Waals surface area contributed by atoms with Crippen molar-refractivity contribution in [1.82, 2.24) is 14.1 Å². The van der Waals surface area contributed by atoms with E-state index in [1.54, 1.807) is 14.0 Å². The van der Waals surface area contributed by atoms with Crippen LogP contribution in [0.3, 0.4) is 0 Å². The minimum atomic E-state index is -3.61. The summed E-state index contributed by atoms with van der Waals surface area (Å²) >= 11 is 0. The molecule has 1 rings (SSSR count). The molecule has 0 atom stereocenters. The van der Waals surface area contributed by atoms with E-state index in [-0.39, 0.29) is 22.7 Å². The van der Waals surface area contributed by atoms with E-state index in [9.17, 15) is 8.42 Å². The molecular formula is C12H24N4O2S. The lowest BCUT2D eigenvalue weighted by Gasteiger charge is -2.27. The Bertz CT molecular complexity index is 546. The molecule has 6 nitrogen and oxygen atoms in total. The molecule has 0 amide bonds. The molecule has 0 aliphatic carbocycles. The third-order valence-electron chi connectivity index (χ3n) is 2.99. The van der Waals surface area contributed by atoms with Gasteiger partial charge in [0.05, 0.1) is 5.69 Å². The first-order valence-corrected chi connectivity index (χ1v) is 7.84. The van der Waals surface area contributed by atoms with E-state index in [0.29, 0.717) is 12.2 Å². The number of hydrogen-bond acceptors (Lipinski definition) is 4. The lowest BCUT2D eigenvalue weighted by molar-refractivity contribution is 0.319. The van der Waals surface area contributed by atoms with Crippen LogP contribution >= 0.6 is 0 Å². The van der Waals surface area contributed by atoms with Crippen LogP contribution in [0, 0.1) is 12.8 Å². The second-order valence-electron chi connectivity index (χ2n) is 5.49. The average Bonchev–Trinajstić information content (AvgIpc) is 2.49. The number of aromatic nitrogens is 2. The van der Waals surface area contributed by atoms with Crippen molar-refractivity contribution < 1.29 is 8.42 Å². The first-order chi connectivity index (χ1) is 8.59. The van der Waals surface area contributed by atoms with Crippen LogP contribution in [-0.2, 0) is 17.1 Å². The second-order valence-corrected chi connectivity index (χ2v) is 7.31. The zero-order valence-corrected chi connectivity index (χ0v) is 13.3. The Balaban J connectivity index is 3.35. The van der Waals surface area contributed by atoms with Crippen molar-refractivity contribution in [3.63, 3.8) is 0 Å². The van der Waals surface area contributed by atoms with Crippen LogP contribution in [0.1, 0.15) is 33.4 Å². The van der Waals surface area contributed by atoms with E-state index in [1.165, 1.54) is 8.99 Å². The number of hydrogen-bond donors (Lipinski definition) is 1. The number of rotatable bonds is 5. The smallest absolute Gasteiger partial charge is 0.248 e. The highest BCUT2D eigenvalue weighted by molar-refractivity contribution is 7.89. The largest absolute Gasteiger partial charge is 0.381 e. The predicted octanol–water partition coefficient (Wildman–Crippen LogP) is 1.37. The molecule has 0 aliphatic rings. The summed E-state index contributed by atoms with van der Waals surface area (Å²) in [6, 6.07) is -0.119. The number of nitrogens with zero attached hydrogens (tertiary/aromatic N) is 3. The monoisotopic (exact) mass is 288 g/mol. The third-order valence-corrected chi connectivity index (χ3v) is 5.20.